The fourth-order valence-electron chi connectivity index (χ4n) is 2.23. The first-order valence-corrected chi connectivity index (χ1v) is 6.75. The Morgan fingerprint density at radius 3 is 2.50 bits per heavy atom. The number of pyridine rings is 1. The number of aliphatic hydroxyl groups excluding tert-OH is 1. The lowest BCUT2D eigenvalue weighted by molar-refractivity contribution is 0.209. The molecule has 4 nitrogen and oxygen atoms in total. The van der Waals surface area contributed by atoms with Gasteiger partial charge in [-0.3, -0.25) is 4.90 Å². The molecule has 5 heteroatoms. The molecule has 1 aliphatic heterocycles. The zero-order valence-electron chi connectivity index (χ0n) is 10.9. The van der Waals surface area contributed by atoms with E-state index >= 15 is 0 Å². The lowest BCUT2D eigenvalue weighted by Gasteiger charge is -2.37. The summed E-state index contributed by atoms with van der Waals surface area (Å²) in [7, 11) is 0. The molecule has 0 aromatic carbocycles. The number of aromatic nitrogens is 1. The number of nitrogens with zero attached hydrogens (tertiary/aromatic N) is 3. The van der Waals surface area contributed by atoms with Gasteiger partial charge in [0.15, 0.2) is 0 Å². The maximum atomic E-state index is 9.18. The molecular formula is C13H20ClN3O. The van der Waals surface area contributed by atoms with Gasteiger partial charge < -0.3 is 10.0 Å². The van der Waals surface area contributed by atoms with E-state index in [9.17, 15) is 5.11 Å². The summed E-state index contributed by atoms with van der Waals surface area (Å²) in [5.74, 6) is 0.909. The van der Waals surface area contributed by atoms with Gasteiger partial charge in [-0.1, -0.05) is 11.6 Å². The van der Waals surface area contributed by atoms with Gasteiger partial charge in [0.05, 0.1) is 17.3 Å². The fraction of sp³-hybridized carbons (Fsp3) is 0.615. The quantitative estimate of drug-likeness (QED) is 0.908. The van der Waals surface area contributed by atoms with Crippen LogP contribution in [-0.2, 0) is 6.61 Å². The Morgan fingerprint density at radius 1 is 1.28 bits per heavy atom. The predicted molar refractivity (Wildman–Crippen MR) is 74.1 cm³/mol. The van der Waals surface area contributed by atoms with E-state index in [-0.39, 0.29) is 6.61 Å². The van der Waals surface area contributed by atoms with Crippen molar-refractivity contribution < 1.29 is 5.11 Å². The number of aliphatic hydroxyl groups is 1. The van der Waals surface area contributed by atoms with Crippen LogP contribution in [0.4, 0.5) is 5.82 Å². The minimum Gasteiger partial charge on any atom is -0.390 e. The summed E-state index contributed by atoms with van der Waals surface area (Å²) in [6.07, 6.45) is 0. The van der Waals surface area contributed by atoms with E-state index in [0.29, 0.717) is 16.8 Å². The molecule has 1 saturated heterocycles. The van der Waals surface area contributed by atoms with Crippen molar-refractivity contribution in [3.05, 3.63) is 22.8 Å². The molecule has 0 saturated carbocycles. The number of piperazine rings is 1. The van der Waals surface area contributed by atoms with Gasteiger partial charge in [-0.2, -0.15) is 0 Å². The SMILES string of the molecule is CC(C)N1CCN(c2ccc(Cl)c(CO)n2)CC1. The van der Waals surface area contributed by atoms with Crippen molar-refractivity contribution in [1.82, 2.24) is 9.88 Å². The Bertz CT molecular complexity index is 403. The molecule has 18 heavy (non-hydrogen) atoms. The zero-order valence-corrected chi connectivity index (χ0v) is 11.7. The van der Waals surface area contributed by atoms with E-state index in [1.165, 1.54) is 0 Å². The third-order valence-electron chi connectivity index (χ3n) is 3.42. The van der Waals surface area contributed by atoms with Gasteiger partial charge in [-0.05, 0) is 26.0 Å². The Kier molecular flexibility index (Phi) is 4.43. The third kappa shape index (κ3) is 2.94. The molecule has 0 aliphatic carbocycles. The molecule has 100 valence electrons. The molecule has 2 rings (SSSR count). The number of halogens is 1. The summed E-state index contributed by atoms with van der Waals surface area (Å²) in [6, 6.07) is 4.33. The highest BCUT2D eigenvalue weighted by Gasteiger charge is 2.20. The number of rotatable bonds is 3. The van der Waals surface area contributed by atoms with E-state index in [2.05, 4.69) is 28.6 Å². The lowest BCUT2D eigenvalue weighted by atomic mass is 10.2. The van der Waals surface area contributed by atoms with Gasteiger partial charge in [-0.15, -0.1) is 0 Å². The van der Waals surface area contributed by atoms with Crippen LogP contribution in [0.3, 0.4) is 0 Å². The van der Waals surface area contributed by atoms with Crippen molar-refractivity contribution in [2.75, 3.05) is 31.1 Å². The molecule has 0 unspecified atom stereocenters. The summed E-state index contributed by atoms with van der Waals surface area (Å²) in [5.41, 5.74) is 0.556. The summed E-state index contributed by atoms with van der Waals surface area (Å²) in [5, 5.41) is 9.71. The largest absolute Gasteiger partial charge is 0.390 e. The van der Waals surface area contributed by atoms with Crippen LogP contribution in [0.25, 0.3) is 0 Å². The first-order valence-electron chi connectivity index (χ1n) is 6.37. The predicted octanol–water partition coefficient (Wildman–Crippen LogP) is 1.76. The maximum Gasteiger partial charge on any atom is 0.129 e. The fourth-order valence-corrected chi connectivity index (χ4v) is 2.39. The number of anilines is 1. The Hall–Kier alpha value is -0.840. The standard InChI is InChI=1S/C13H20ClN3O/c1-10(2)16-5-7-17(8-6-16)13-4-3-11(14)12(9-18)15-13/h3-4,10,18H,5-9H2,1-2H3. The first-order chi connectivity index (χ1) is 8.61. The topological polar surface area (TPSA) is 39.6 Å². The van der Waals surface area contributed by atoms with Crippen molar-refractivity contribution >= 4 is 17.4 Å². The summed E-state index contributed by atoms with van der Waals surface area (Å²) < 4.78 is 0. The van der Waals surface area contributed by atoms with Gasteiger partial charge in [0, 0.05) is 32.2 Å². The van der Waals surface area contributed by atoms with E-state index in [1.54, 1.807) is 0 Å². The Labute approximate surface area is 113 Å². The van der Waals surface area contributed by atoms with Crippen LogP contribution in [0.15, 0.2) is 12.1 Å². The van der Waals surface area contributed by atoms with Crippen LogP contribution in [0.2, 0.25) is 5.02 Å². The molecular weight excluding hydrogens is 250 g/mol. The highest BCUT2D eigenvalue weighted by atomic mass is 35.5. The minimum atomic E-state index is -0.112. The zero-order chi connectivity index (χ0) is 13.1. The molecule has 1 aromatic rings. The molecule has 0 spiro atoms. The molecule has 0 bridgehead atoms. The highest BCUT2D eigenvalue weighted by molar-refractivity contribution is 6.31. The van der Waals surface area contributed by atoms with E-state index in [4.69, 9.17) is 11.6 Å². The van der Waals surface area contributed by atoms with Crippen LogP contribution >= 0.6 is 11.6 Å². The third-order valence-corrected chi connectivity index (χ3v) is 3.77. The Morgan fingerprint density at radius 2 is 1.94 bits per heavy atom. The number of hydrogen-bond donors (Lipinski definition) is 1. The Balaban J connectivity index is 2.05. The maximum absolute atomic E-state index is 9.18. The summed E-state index contributed by atoms with van der Waals surface area (Å²) in [6.45, 7) is 8.38. The van der Waals surface area contributed by atoms with Crippen molar-refractivity contribution in [3.8, 4) is 0 Å². The second-order valence-corrected chi connectivity index (χ2v) is 5.28. The van der Waals surface area contributed by atoms with Crippen molar-refractivity contribution in [3.63, 3.8) is 0 Å². The van der Waals surface area contributed by atoms with Gasteiger partial charge >= 0.3 is 0 Å². The summed E-state index contributed by atoms with van der Waals surface area (Å²) in [4.78, 5) is 9.11. The van der Waals surface area contributed by atoms with Gasteiger partial charge in [0.2, 0.25) is 0 Å². The number of hydrogen-bond acceptors (Lipinski definition) is 4. The van der Waals surface area contributed by atoms with E-state index in [0.717, 1.165) is 32.0 Å². The smallest absolute Gasteiger partial charge is 0.129 e. The van der Waals surface area contributed by atoms with Gasteiger partial charge in [0.1, 0.15) is 5.82 Å². The first kappa shape index (κ1) is 13.6. The molecule has 0 amide bonds. The second kappa shape index (κ2) is 5.87. The molecule has 1 fully saturated rings. The van der Waals surface area contributed by atoms with E-state index < -0.39 is 0 Å². The molecule has 1 N–H and O–H groups in total. The van der Waals surface area contributed by atoms with Crippen LogP contribution < -0.4 is 4.90 Å². The van der Waals surface area contributed by atoms with Gasteiger partial charge in [0.25, 0.3) is 0 Å². The minimum absolute atomic E-state index is 0.112. The summed E-state index contributed by atoms with van der Waals surface area (Å²) >= 11 is 5.95. The average Bonchev–Trinajstić information content (AvgIpc) is 2.39. The van der Waals surface area contributed by atoms with Crippen molar-refractivity contribution in [2.24, 2.45) is 0 Å². The van der Waals surface area contributed by atoms with Crippen LogP contribution in [0.1, 0.15) is 19.5 Å². The van der Waals surface area contributed by atoms with Crippen molar-refractivity contribution in [2.45, 2.75) is 26.5 Å². The lowest BCUT2D eigenvalue weighted by Crippen LogP contribution is -2.49. The molecule has 1 aromatic heterocycles. The van der Waals surface area contributed by atoms with Crippen molar-refractivity contribution in [1.29, 1.82) is 0 Å². The van der Waals surface area contributed by atoms with Crippen LogP contribution in [0, 0.1) is 0 Å². The monoisotopic (exact) mass is 269 g/mol. The van der Waals surface area contributed by atoms with Crippen LogP contribution in [-0.4, -0.2) is 47.2 Å². The van der Waals surface area contributed by atoms with Gasteiger partial charge in [-0.25, -0.2) is 4.98 Å². The molecule has 1 aliphatic rings. The second-order valence-electron chi connectivity index (χ2n) is 4.87. The normalized spacial score (nSPS) is 17.5. The molecule has 2 heterocycles. The molecule has 0 atom stereocenters. The van der Waals surface area contributed by atoms with E-state index in [1.807, 2.05) is 12.1 Å². The molecule has 0 radical (unpaired) electrons. The highest BCUT2D eigenvalue weighted by Crippen LogP contribution is 2.20. The average molecular weight is 270 g/mol. The van der Waals surface area contributed by atoms with Crippen LogP contribution in [0.5, 0.6) is 0 Å².